The number of carbonyl (C=O) groups excluding carboxylic acids is 1. The van der Waals surface area contributed by atoms with Crippen LogP contribution in [0.5, 0.6) is 0 Å². The fraction of sp³-hybridized carbons (Fsp3) is 0.500. The van der Waals surface area contributed by atoms with Crippen molar-refractivity contribution < 1.29 is 14.3 Å². The molecule has 3 rings (SSSR count). The number of benzene rings is 1. The molecule has 0 bridgehead atoms. The summed E-state index contributed by atoms with van der Waals surface area (Å²) in [5, 5.41) is 17.9. The number of amides is 1. The number of hydrogen-bond donors (Lipinski definition) is 1. The predicted molar refractivity (Wildman–Crippen MR) is 90.4 cm³/mol. The summed E-state index contributed by atoms with van der Waals surface area (Å²) in [5.74, 6) is -0.409. The van der Waals surface area contributed by atoms with Crippen LogP contribution >= 0.6 is 0 Å². The van der Waals surface area contributed by atoms with Gasteiger partial charge in [-0.1, -0.05) is 30.2 Å². The van der Waals surface area contributed by atoms with E-state index in [0.29, 0.717) is 13.1 Å². The highest BCUT2D eigenvalue weighted by Gasteiger charge is 2.26. The van der Waals surface area contributed by atoms with Gasteiger partial charge in [0, 0.05) is 19.5 Å². The standard InChI is InChI=1S/C18H23FN4O2/c1-22(11-14-6-2-3-8-17(14)24)18(25)16-12-23(21-20-16)10-13-5-4-7-15(19)9-13/h4-5,7,9,12,14,17,24H,2-3,6,8,10-11H2,1H3. The molecule has 1 aromatic heterocycles. The first kappa shape index (κ1) is 17.5. The molecular formula is C18H23FN4O2. The van der Waals surface area contributed by atoms with Crippen molar-refractivity contribution >= 4 is 5.91 Å². The maximum Gasteiger partial charge on any atom is 0.275 e. The van der Waals surface area contributed by atoms with E-state index in [9.17, 15) is 14.3 Å². The molecule has 6 nitrogen and oxygen atoms in total. The van der Waals surface area contributed by atoms with Crippen molar-refractivity contribution in [1.82, 2.24) is 19.9 Å². The number of nitrogens with zero attached hydrogens (tertiary/aromatic N) is 4. The van der Waals surface area contributed by atoms with Gasteiger partial charge >= 0.3 is 0 Å². The largest absolute Gasteiger partial charge is 0.393 e. The molecule has 1 heterocycles. The third-order valence-electron chi connectivity index (χ3n) is 4.72. The third kappa shape index (κ3) is 4.42. The number of rotatable bonds is 5. The predicted octanol–water partition coefficient (Wildman–Crippen LogP) is 2.09. The third-order valence-corrected chi connectivity index (χ3v) is 4.72. The molecule has 1 amide bonds. The van der Waals surface area contributed by atoms with E-state index in [1.807, 2.05) is 0 Å². The Morgan fingerprint density at radius 3 is 2.96 bits per heavy atom. The molecule has 2 unspecified atom stereocenters. The van der Waals surface area contributed by atoms with Crippen LogP contribution in [0.25, 0.3) is 0 Å². The lowest BCUT2D eigenvalue weighted by Crippen LogP contribution is -2.38. The van der Waals surface area contributed by atoms with Crippen LogP contribution in [-0.2, 0) is 6.54 Å². The highest BCUT2D eigenvalue weighted by molar-refractivity contribution is 5.91. The summed E-state index contributed by atoms with van der Waals surface area (Å²) >= 11 is 0. The molecule has 7 heteroatoms. The molecule has 0 saturated heterocycles. The summed E-state index contributed by atoms with van der Waals surface area (Å²) in [6.07, 6.45) is 5.10. The van der Waals surface area contributed by atoms with Gasteiger partial charge in [0.2, 0.25) is 0 Å². The molecule has 1 aliphatic rings. The minimum absolute atomic E-state index is 0.116. The lowest BCUT2D eigenvalue weighted by atomic mass is 9.86. The van der Waals surface area contributed by atoms with Crippen LogP contribution in [0.1, 0.15) is 41.7 Å². The quantitative estimate of drug-likeness (QED) is 0.900. The molecule has 0 spiro atoms. The molecule has 0 aliphatic heterocycles. The van der Waals surface area contributed by atoms with Gasteiger partial charge in [0.25, 0.3) is 5.91 Å². The van der Waals surface area contributed by atoms with E-state index >= 15 is 0 Å². The number of halogens is 1. The van der Waals surface area contributed by atoms with Gasteiger partial charge in [-0.25, -0.2) is 9.07 Å². The second-order valence-electron chi connectivity index (χ2n) is 6.73. The van der Waals surface area contributed by atoms with Crippen LogP contribution in [0.2, 0.25) is 0 Å². The Morgan fingerprint density at radius 1 is 1.40 bits per heavy atom. The van der Waals surface area contributed by atoms with E-state index in [-0.39, 0.29) is 29.4 Å². The molecule has 1 fully saturated rings. The monoisotopic (exact) mass is 346 g/mol. The van der Waals surface area contributed by atoms with Gasteiger partial charge in [-0.3, -0.25) is 4.79 Å². The summed E-state index contributed by atoms with van der Waals surface area (Å²) in [7, 11) is 1.72. The zero-order valence-corrected chi connectivity index (χ0v) is 14.3. The van der Waals surface area contributed by atoms with Crippen LogP contribution in [0.3, 0.4) is 0 Å². The Bertz CT molecular complexity index is 733. The maximum atomic E-state index is 13.2. The van der Waals surface area contributed by atoms with Crippen molar-refractivity contribution in [3.63, 3.8) is 0 Å². The molecule has 1 aromatic carbocycles. The first-order chi connectivity index (χ1) is 12.0. The van der Waals surface area contributed by atoms with Gasteiger partial charge in [0.05, 0.1) is 18.8 Å². The number of carbonyl (C=O) groups is 1. The molecule has 1 saturated carbocycles. The van der Waals surface area contributed by atoms with E-state index < -0.39 is 0 Å². The first-order valence-electron chi connectivity index (χ1n) is 8.61. The average molecular weight is 346 g/mol. The van der Waals surface area contributed by atoms with Crippen molar-refractivity contribution in [3.8, 4) is 0 Å². The zero-order chi connectivity index (χ0) is 17.8. The van der Waals surface area contributed by atoms with Crippen LogP contribution in [0.4, 0.5) is 4.39 Å². The van der Waals surface area contributed by atoms with Gasteiger partial charge in [-0.05, 0) is 30.5 Å². The lowest BCUT2D eigenvalue weighted by molar-refractivity contribution is 0.0448. The van der Waals surface area contributed by atoms with Gasteiger partial charge < -0.3 is 10.0 Å². The smallest absolute Gasteiger partial charge is 0.275 e. The van der Waals surface area contributed by atoms with Crippen LogP contribution < -0.4 is 0 Å². The van der Waals surface area contributed by atoms with Gasteiger partial charge in [0.1, 0.15) is 5.82 Å². The maximum absolute atomic E-state index is 13.2. The van der Waals surface area contributed by atoms with Crippen LogP contribution in [-0.4, -0.2) is 50.6 Å². The van der Waals surface area contributed by atoms with E-state index in [2.05, 4.69) is 10.3 Å². The van der Waals surface area contributed by atoms with E-state index in [4.69, 9.17) is 0 Å². The molecule has 134 valence electrons. The lowest BCUT2D eigenvalue weighted by Gasteiger charge is -2.30. The minimum Gasteiger partial charge on any atom is -0.393 e. The zero-order valence-electron chi connectivity index (χ0n) is 14.3. The summed E-state index contributed by atoms with van der Waals surface area (Å²) in [6, 6.07) is 6.24. The van der Waals surface area contributed by atoms with Crippen molar-refractivity contribution in [3.05, 3.63) is 47.5 Å². The Kier molecular flexibility index (Phi) is 5.43. The van der Waals surface area contributed by atoms with E-state index in [1.165, 1.54) is 16.8 Å². The first-order valence-corrected chi connectivity index (χ1v) is 8.61. The van der Waals surface area contributed by atoms with Crippen molar-refractivity contribution in [2.45, 2.75) is 38.3 Å². The number of aliphatic hydroxyl groups is 1. The van der Waals surface area contributed by atoms with Crippen LogP contribution in [0.15, 0.2) is 30.5 Å². The Labute approximate surface area is 146 Å². The molecule has 2 atom stereocenters. The second-order valence-corrected chi connectivity index (χ2v) is 6.73. The fourth-order valence-electron chi connectivity index (χ4n) is 3.33. The number of aromatic nitrogens is 3. The molecule has 1 aliphatic carbocycles. The Morgan fingerprint density at radius 2 is 2.20 bits per heavy atom. The minimum atomic E-state index is -0.340. The average Bonchev–Trinajstić information content (AvgIpc) is 3.04. The topological polar surface area (TPSA) is 71.2 Å². The van der Waals surface area contributed by atoms with Gasteiger partial charge in [0.15, 0.2) is 5.69 Å². The fourth-order valence-corrected chi connectivity index (χ4v) is 3.33. The Hall–Kier alpha value is -2.28. The molecule has 25 heavy (non-hydrogen) atoms. The summed E-state index contributed by atoms with van der Waals surface area (Å²) in [4.78, 5) is 14.1. The van der Waals surface area contributed by atoms with Gasteiger partial charge in [-0.2, -0.15) is 0 Å². The molecule has 0 radical (unpaired) electrons. The highest BCUT2D eigenvalue weighted by atomic mass is 19.1. The Balaban J connectivity index is 1.61. The number of aliphatic hydroxyl groups excluding tert-OH is 1. The van der Waals surface area contributed by atoms with E-state index in [1.54, 1.807) is 30.3 Å². The highest BCUT2D eigenvalue weighted by Crippen LogP contribution is 2.25. The number of hydrogen-bond acceptors (Lipinski definition) is 4. The molecule has 2 aromatic rings. The molecule has 1 N–H and O–H groups in total. The summed E-state index contributed by atoms with van der Waals surface area (Å²) in [6.45, 7) is 0.861. The normalized spacial score (nSPS) is 20.4. The SMILES string of the molecule is CN(CC1CCCCC1O)C(=O)c1cn(Cc2cccc(F)c2)nn1. The summed E-state index contributed by atoms with van der Waals surface area (Å²) in [5.41, 5.74) is 1.01. The summed E-state index contributed by atoms with van der Waals surface area (Å²) < 4.78 is 14.8. The van der Waals surface area contributed by atoms with Crippen LogP contribution in [0, 0.1) is 11.7 Å². The molecular weight excluding hydrogens is 323 g/mol. The van der Waals surface area contributed by atoms with E-state index in [0.717, 1.165) is 31.2 Å². The second kappa shape index (κ2) is 7.74. The van der Waals surface area contributed by atoms with Crippen molar-refractivity contribution in [1.29, 1.82) is 0 Å². The van der Waals surface area contributed by atoms with Crippen molar-refractivity contribution in [2.75, 3.05) is 13.6 Å². The van der Waals surface area contributed by atoms with Crippen molar-refractivity contribution in [2.24, 2.45) is 5.92 Å². The van der Waals surface area contributed by atoms with Gasteiger partial charge in [-0.15, -0.1) is 5.10 Å².